The monoisotopic (exact) mass is 381 g/mol. The maximum absolute atomic E-state index is 12.6. The van der Waals surface area contributed by atoms with Gasteiger partial charge in [-0.3, -0.25) is 14.6 Å². The molecule has 0 fully saturated rings. The fourth-order valence-corrected chi connectivity index (χ4v) is 2.65. The molecule has 0 saturated heterocycles. The number of anilines is 1. The van der Waals surface area contributed by atoms with Crippen LogP contribution in [0.4, 0.5) is 5.69 Å². The lowest BCUT2D eigenvalue weighted by molar-refractivity contribution is -0.143. The number of benzene rings is 1. The van der Waals surface area contributed by atoms with Crippen molar-refractivity contribution in [3.8, 4) is 5.75 Å². The van der Waals surface area contributed by atoms with Crippen LogP contribution < -0.4 is 15.0 Å². The molecule has 28 heavy (non-hydrogen) atoms. The molecular weight excluding hydrogens is 362 g/mol. The minimum atomic E-state index is -0.844. The minimum Gasteiger partial charge on any atom is -0.477 e. The van der Waals surface area contributed by atoms with E-state index >= 15 is 0 Å². The van der Waals surface area contributed by atoms with Crippen molar-refractivity contribution in [1.82, 2.24) is 10.3 Å². The first kappa shape index (κ1) is 19.1. The molecule has 2 aromatic rings. The average Bonchev–Trinajstić information content (AvgIpc) is 2.75. The second-order valence-corrected chi connectivity index (χ2v) is 5.89. The number of aromatic nitrogens is 1. The topological polar surface area (TPSA) is 97.8 Å². The summed E-state index contributed by atoms with van der Waals surface area (Å²) in [5, 5.41) is 2.51. The van der Waals surface area contributed by atoms with Gasteiger partial charge in [-0.1, -0.05) is 18.2 Å². The van der Waals surface area contributed by atoms with E-state index in [1.165, 1.54) is 24.1 Å². The SMILES string of the molecule is CNC(=O)C1CN(C(=O)COC(=O)C=Cc2ccccn2)c2ccccc2O1. The van der Waals surface area contributed by atoms with Gasteiger partial charge in [0, 0.05) is 19.3 Å². The number of fused-ring (bicyclic) bond motifs is 1. The Morgan fingerprint density at radius 1 is 1.25 bits per heavy atom. The molecule has 2 heterocycles. The van der Waals surface area contributed by atoms with Gasteiger partial charge in [-0.25, -0.2) is 4.79 Å². The molecule has 1 aliphatic heterocycles. The molecule has 3 rings (SSSR count). The Morgan fingerprint density at radius 2 is 2.04 bits per heavy atom. The molecule has 0 radical (unpaired) electrons. The highest BCUT2D eigenvalue weighted by Gasteiger charge is 2.33. The van der Waals surface area contributed by atoms with E-state index in [1.807, 2.05) is 0 Å². The molecule has 1 aliphatic rings. The molecule has 1 aromatic carbocycles. The maximum atomic E-state index is 12.6. The summed E-state index contributed by atoms with van der Waals surface area (Å²) in [5.41, 5.74) is 1.12. The summed E-state index contributed by atoms with van der Waals surface area (Å²) in [4.78, 5) is 41.9. The molecule has 8 heteroatoms. The van der Waals surface area contributed by atoms with Crippen LogP contribution in [0, 0.1) is 0 Å². The van der Waals surface area contributed by atoms with Crippen LogP contribution in [0.2, 0.25) is 0 Å². The number of carbonyl (C=O) groups is 3. The van der Waals surface area contributed by atoms with E-state index in [4.69, 9.17) is 9.47 Å². The molecule has 0 bridgehead atoms. The van der Waals surface area contributed by atoms with Crippen molar-refractivity contribution in [2.75, 3.05) is 25.1 Å². The first-order valence-corrected chi connectivity index (χ1v) is 8.62. The van der Waals surface area contributed by atoms with Crippen LogP contribution in [0.1, 0.15) is 5.69 Å². The molecule has 1 atom stereocenters. The Bertz CT molecular complexity index is 898. The second-order valence-electron chi connectivity index (χ2n) is 5.89. The number of pyridine rings is 1. The third-order valence-corrected chi connectivity index (χ3v) is 4.03. The quantitative estimate of drug-likeness (QED) is 0.617. The second kappa shape index (κ2) is 8.81. The van der Waals surface area contributed by atoms with Crippen molar-refractivity contribution in [3.05, 3.63) is 60.4 Å². The Kier molecular flexibility index (Phi) is 6.01. The number of esters is 1. The Morgan fingerprint density at radius 3 is 2.79 bits per heavy atom. The van der Waals surface area contributed by atoms with Crippen LogP contribution in [0.5, 0.6) is 5.75 Å². The van der Waals surface area contributed by atoms with Crippen LogP contribution in [0.15, 0.2) is 54.7 Å². The predicted molar refractivity (Wildman–Crippen MR) is 102 cm³/mol. The molecule has 2 amide bonds. The maximum Gasteiger partial charge on any atom is 0.331 e. The van der Waals surface area contributed by atoms with Crippen molar-refractivity contribution in [2.45, 2.75) is 6.10 Å². The number of amides is 2. The van der Waals surface area contributed by atoms with E-state index < -0.39 is 24.6 Å². The van der Waals surface area contributed by atoms with Gasteiger partial charge in [-0.15, -0.1) is 0 Å². The van der Waals surface area contributed by atoms with Gasteiger partial charge in [-0.05, 0) is 30.3 Å². The van der Waals surface area contributed by atoms with Gasteiger partial charge < -0.3 is 19.7 Å². The van der Waals surface area contributed by atoms with E-state index in [2.05, 4.69) is 10.3 Å². The van der Waals surface area contributed by atoms with Gasteiger partial charge in [0.1, 0.15) is 5.75 Å². The molecule has 1 N–H and O–H groups in total. The van der Waals surface area contributed by atoms with Crippen LogP contribution in [0.25, 0.3) is 6.08 Å². The number of nitrogens with one attached hydrogen (secondary N) is 1. The van der Waals surface area contributed by atoms with E-state index in [-0.39, 0.29) is 12.5 Å². The molecule has 8 nitrogen and oxygen atoms in total. The molecule has 1 unspecified atom stereocenters. The third-order valence-electron chi connectivity index (χ3n) is 4.03. The summed E-state index contributed by atoms with van der Waals surface area (Å²) in [7, 11) is 1.49. The largest absolute Gasteiger partial charge is 0.477 e. The van der Waals surface area contributed by atoms with E-state index in [1.54, 1.807) is 48.7 Å². The molecule has 1 aromatic heterocycles. The van der Waals surface area contributed by atoms with Crippen molar-refractivity contribution in [2.24, 2.45) is 0 Å². The lowest BCUT2D eigenvalue weighted by Gasteiger charge is -2.33. The zero-order valence-electron chi connectivity index (χ0n) is 15.2. The molecule has 0 spiro atoms. The molecule has 0 aliphatic carbocycles. The first-order chi connectivity index (χ1) is 13.6. The zero-order valence-corrected chi connectivity index (χ0v) is 15.2. The van der Waals surface area contributed by atoms with E-state index in [0.29, 0.717) is 17.1 Å². The highest BCUT2D eigenvalue weighted by molar-refractivity contribution is 5.99. The molecular formula is C20H19N3O5. The number of ether oxygens (including phenoxy) is 2. The van der Waals surface area contributed by atoms with Crippen LogP contribution in [-0.4, -0.2) is 49.1 Å². The third kappa shape index (κ3) is 4.53. The number of para-hydroxylation sites is 2. The van der Waals surface area contributed by atoms with Gasteiger partial charge in [-0.2, -0.15) is 0 Å². The van der Waals surface area contributed by atoms with Gasteiger partial charge in [0.2, 0.25) is 0 Å². The van der Waals surface area contributed by atoms with Gasteiger partial charge >= 0.3 is 5.97 Å². The standard InChI is InChI=1S/C20H19N3O5/c1-21-20(26)17-12-23(15-7-2-3-8-16(15)28-17)18(24)13-27-19(25)10-9-14-6-4-5-11-22-14/h2-11,17H,12-13H2,1H3,(H,21,26). The number of nitrogens with zero attached hydrogens (tertiary/aromatic N) is 2. The van der Waals surface area contributed by atoms with Crippen LogP contribution in [0.3, 0.4) is 0 Å². The van der Waals surface area contributed by atoms with Crippen LogP contribution in [-0.2, 0) is 19.1 Å². The Labute approximate surface area is 161 Å². The number of hydrogen-bond acceptors (Lipinski definition) is 6. The van der Waals surface area contributed by atoms with Crippen molar-refractivity contribution < 1.29 is 23.9 Å². The smallest absolute Gasteiger partial charge is 0.331 e. The Hall–Kier alpha value is -3.68. The summed E-state index contributed by atoms with van der Waals surface area (Å²) in [6.07, 6.45) is 3.46. The average molecular weight is 381 g/mol. The van der Waals surface area contributed by atoms with Gasteiger partial charge in [0.25, 0.3) is 11.8 Å². The summed E-state index contributed by atoms with van der Waals surface area (Å²) < 4.78 is 10.7. The lowest BCUT2D eigenvalue weighted by Crippen LogP contribution is -2.51. The number of rotatable bonds is 5. The highest BCUT2D eigenvalue weighted by Crippen LogP contribution is 2.33. The summed E-state index contributed by atoms with van der Waals surface area (Å²) in [6, 6.07) is 12.2. The van der Waals surface area contributed by atoms with Gasteiger partial charge in [0.05, 0.1) is 17.9 Å². The normalized spacial score (nSPS) is 15.5. The van der Waals surface area contributed by atoms with Crippen molar-refractivity contribution in [1.29, 1.82) is 0 Å². The first-order valence-electron chi connectivity index (χ1n) is 8.62. The number of carbonyl (C=O) groups excluding carboxylic acids is 3. The van der Waals surface area contributed by atoms with E-state index in [9.17, 15) is 14.4 Å². The molecule has 0 saturated carbocycles. The molecule has 144 valence electrons. The van der Waals surface area contributed by atoms with Gasteiger partial charge in [0.15, 0.2) is 12.7 Å². The highest BCUT2D eigenvalue weighted by atomic mass is 16.5. The van der Waals surface area contributed by atoms with Crippen molar-refractivity contribution in [3.63, 3.8) is 0 Å². The predicted octanol–water partition coefficient (Wildman–Crippen LogP) is 1.18. The number of hydrogen-bond donors (Lipinski definition) is 1. The number of likely N-dealkylation sites (N-methyl/N-ethyl adjacent to an activating group) is 1. The van der Waals surface area contributed by atoms with Crippen molar-refractivity contribution >= 4 is 29.5 Å². The Balaban J connectivity index is 1.65. The zero-order chi connectivity index (χ0) is 19.9. The fourth-order valence-electron chi connectivity index (χ4n) is 2.65. The summed E-state index contributed by atoms with van der Waals surface area (Å²) in [5.74, 6) is -1.05. The lowest BCUT2D eigenvalue weighted by atomic mass is 10.1. The minimum absolute atomic E-state index is 0.0246. The fraction of sp³-hybridized carbons (Fsp3) is 0.200. The summed E-state index contributed by atoms with van der Waals surface area (Å²) >= 11 is 0. The summed E-state index contributed by atoms with van der Waals surface area (Å²) in [6.45, 7) is -0.433. The van der Waals surface area contributed by atoms with Crippen LogP contribution >= 0.6 is 0 Å². The van der Waals surface area contributed by atoms with E-state index in [0.717, 1.165) is 0 Å².